The monoisotopic (exact) mass is 311 g/mol. The summed E-state index contributed by atoms with van der Waals surface area (Å²) in [6, 6.07) is 10.4. The van der Waals surface area contributed by atoms with Crippen LogP contribution in [-0.2, 0) is 11.3 Å². The Kier molecular flexibility index (Phi) is 4.70. The van der Waals surface area contributed by atoms with Gasteiger partial charge in [-0.05, 0) is 43.2 Å². The van der Waals surface area contributed by atoms with E-state index in [4.69, 9.17) is 0 Å². The fourth-order valence-electron chi connectivity index (χ4n) is 3.18. The van der Waals surface area contributed by atoms with Crippen LogP contribution < -0.4 is 4.90 Å². The number of piperazine rings is 1. The Morgan fingerprint density at radius 1 is 1.00 bits per heavy atom. The van der Waals surface area contributed by atoms with E-state index in [-0.39, 0.29) is 5.91 Å². The summed E-state index contributed by atoms with van der Waals surface area (Å²) < 4.78 is 2.06. The summed E-state index contributed by atoms with van der Waals surface area (Å²) in [5, 5.41) is 0. The highest BCUT2D eigenvalue weighted by Gasteiger charge is 2.21. The van der Waals surface area contributed by atoms with Gasteiger partial charge in [0.15, 0.2) is 0 Å². The van der Waals surface area contributed by atoms with Gasteiger partial charge in [-0.3, -0.25) is 4.79 Å². The van der Waals surface area contributed by atoms with Crippen LogP contribution >= 0.6 is 0 Å². The molecule has 1 aliphatic rings. The Morgan fingerprint density at radius 3 is 2.39 bits per heavy atom. The predicted octanol–water partition coefficient (Wildman–Crippen LogP) is 2.84. The molecule has 0 aliphatic carbocycles. The van der Waals surface area contributed by atoms with Crippen molar-refractivity contribution in [3.05, 3.63) is 53.9 Å². The van der Waals surface area contributed by atoms with Crippen LogP contribution in [0.1, 0.15) is 17.5 Å². The van der Waals surface area contributed by atoms with E-state index in [1.54, 1.807) is 0 Å². The largest absolute Gasteiger partial charge is 0.368 e. The van der Waals surface area contributed by atoms with E-state index >= 15 is 0 Å². The number of nitrogens with zero attached hydrogens (tertiary/aromatic N) is 3. The highest BCUT2D eigenvalue weighted by Crippen LogP contribution is 2.23. The molecule has 1 aromatic heterocycles. The Labute approximate surface area is 138 Å². The van der Waals surface area contributed by atoms with Gasteiger partial charge in [-0.15, -0.1) is 0 Å². The Hall–Kier alpha value is -2.23. The van der Waals surface area contributed by atoms with E-state index in [0.29, 0.717) is 6.42 Å². The maximum Gasteiger partial charge on any atom is 0.224 e. The van der Waals surface area contributed by atoms with Gasteiger partial charge in [-0.1, -0.05) is 12.1 Å². The molecule has 2 heterocycles. The fraction of sp³-hybridized carbons (Fsp3) is 0.421. The van der Waals surface area contributed by atoms with Gasteiger partial charge in [0, 0.05) is 57.2 Å². The van der Waals surface area contributed by atoms with Crippen LogP contribution in [0.15, 0.2) is 42.7 Å². The minimum atomic E-state index is 0.263. The molecule has 0 atom stereocenters. The zero-order valence-corrected chi connectivity index (χ0v) is 14.0. The number of rotatable bonds is 4. The van der Waals surface area contributed by atoms with Gasteiger partial charge in [-0.25, -0.2) is 0 Å². The summed E-state index contributed by atoms with van der Waals surface area (Å²) in [6.07, 6.45) is 4.59. The molecule has 23 heavy (non-hydrogen) atoms. The summed E-state index contributed by atoms with van der Waals surface area (Å²) in [4.78, 5) is 16.8. The molecule has 1 amide bonds. The summed E-state index contributed by atoms with van der Waals surface area (Å²) in [5.41, 5.74) is 3.98. The topological polar surface area (TPSA) is 28.5 Å². The van der Waals surface area contributed by atoms with Crippen molar-refractivity contribution in [1.29, 1.82) is 0 Å². The molecule has 1 aliphatic heterocycles. The van der Waals surface area contributed by atoms with Crippen LogP contribution in [0.4, 0.5) is 5.69 Å². The minimum Gasteiger partial charge on any atom is -0.368 e. The molecule has 1 aromatic carbocycles. The maximum absolute atomic E-state index is 12.4. The third-order valence-corrected chi connectivity index (χ3v) is 4.80. The molecular formula is C19H25N3O. The van der Waals surface area contributed by atoms with Gasteiger partial charge >= 0.3 is 0 Å². The van der Waals surface area contributed by atoms with Crippen LogP contribution in [0.5, 0.6) is 0 Å². The summed E-state index contributed by atoms with van der Waals surface area (Å²) in [6.45, 7) is 8.57. The number of benzene rings is 1. The zero-order chi connectivity index (χ0) is 16.2. The minimum absolute atomic E-state index is 0.263. The molecule has 1 fully saturated rings. The van der Waals surface area contributed by atoms with Gasteiger partial charge in [0.05, 0.1) is 0 Å². The van der Waals surface area contributed by atoms with E-state index in [1.165, 1.54) is 16.8 Å². The molecule has 2 aromatic rings. The smallest absolute Gasteiger partial charge is 0.224 e. The highest BCUT2D eigenvalue weighted by atomic mass is 16.2. The number of hydrogen-bond acceptors (Lipinski definition) is 2. The third-order valence-electron chi connectivity index (χ3n) is 4.80. The number of aryl methyl sites for hydroxylation is 2. The molecule has 0 N–H and O–H groups in total. The lowest BCUT2D eigenvalue weighted by Gasteiger charge is -2.37. The van der Waals surface area contributed by atoms with Gasteiger partial charge in [0.25, 0.3) is 0 Å². The third kappa shape index (κ3) is 3.58. The van der Waals surface area contributed by atoms with Crippen LogP contribution in [0, 0.1) is 13.8 Å². The average molecular weight is 311 g/mol. The van der Waals surface area contributed by atoms with Crippen molar-refractivity contribution in [3.63, 3.8) is 0 Å². The van der Waals surface area contributed by atoms with Crippen LogP contribution in [0.25, 0.3) is 0 Å². The predicted molar refractivity (Wildman–Crippen MR) is 93.8 cm³/mol. The summed E-state index contributed by atoms with van der Waals surface area (Å²) >= 11 is 0. The van der Waals surface area contributed by atoms with E-state index < -0.39 is 0 Å². The van der Waals surface area contributed by atoms with Crippen molar-refractivity contribution < 1.29 is 4.79 Å². The molecule has 0 radical (unpaired) electrons. The molecule has 4 nitrogen and oxygen atoms in total. The lowest BCUT2D eigenvalue weighted by Crippen LogP contribution is -2.49. The highest BCUT2D eigenvalue weighted by molar-refractivity contribution is 5.76. The number of anilines is 1. The van der Waals surface area contributed by atoms with Gasteiger partial charge in [0.2, 0.25) is 5.91 Å². The molecule has 4 heteroatoms. The molecule has 1 saturated heterocycles. The molecule has 122 valence electrons. The van der Waals surface area contributed by atoms with Crippen molar-refractivity contribution in [2.75, 3.05) is 31.1 Å². The normalized spacial score (nSPS) is 15.0. The molecule has 0 bridgehead atoms. The lowest BCUT2D eigenvalue weighted by atomic mass is 10.1. The number of carbonyl (C=O) groups excluding carboxylic acids is 1. The first-order chi connectivity index (χ1) is 11.1. The summed E-state index contributed by atoms with van der Waals surface area (Å²) in [5.74, 6) is 0.263. The van der Waals surface area contributed by atoms with Gasteiger partial charge < -0.3 is 14.4 Å². The number of aromatic nitrogens is 1. The average Bonchev–Trinajstić information content (AvgIpc) is 3.09. The van der Waals surface area contributed by atoms with E-state index in [2.05, 4.69) is 41.5 Å². The first-order valence-electron chi connectivity index (χ1n) is 8.35. The number of carbonyl (C=O) groups is 1. The van der Waals surface area contributed by atoms with Crippen molar-refractivity contribution in [2.45, 2.75) is 26.8 Å². The van der Waals surface area contributed by atoms with E-state index in [0.717, 1.165) is 32.7 Å². The Bertz CT molecular complexity index is 655. The second-order valence-electron chi connectivity index (χ2n) is 6.26. The maximum atomic E-state index is 12.4. The van der Waals surface area contributed by atoms with E-state index in [9.17, 15) is 4.79 Å². The van der Waals surface area contributed by atoms with Crippen molar-refractivity contribution in [1.82, 2.24) is 9.47 Å². The van der Waals surface area contributed by atoms with Crippen molar-refractivity contribution in [3.8, 4) is 0 Å². The molecule has 0 unspecified atom stereocenters. The Morgan fingerprint density at radius 2 is 1.70 bits per heavy atom. The standard InChI is InChI=1S/C19H25N3O/c1-16-6-5-7-18(17(16)2)21-12-14-22(15-13-21)19(23)8-11-20-9-3-4-10-20/h3-7,9-10H,8,11-15H2,1-2H3. The van der Waals surface area contributed by atoms with Crippen molar-refractivity contribution >= 4 is 11.6 Å². The van der Waals surface area contributed by atoms with Crippen LogP contribution in [0.3, 0.4) is 0 Å². The van der Waals surface area contributed by atoms with E-state index in [1.807, 2.05) is 29.4 Å². The molecular weight excluding hydrogens is 286 g/mol. The fourth-order valence-corrected chi connectivity index (χ4v) is 3.18. The summed E-state index contributed by atoms with van der Waals surface area (Å²) in [7, 11) is 0. The molecule has 3 rings (SSSR count). The first kappa shape index (κ1) is 15.7. The van der Waals surface area contributed by atoms with Crippen LogP contribution in [0.2, 0.25) is 0 Å². The second kappa shape index (κ2) is 6.90. The Balaban J connectivity index is 1.53. The van der Waals surface area contributed by atoms with Gasteiger partial charge in [0.1, 0.15) is 0 Å². The van der Waals surface area contributed by atoms with Crippen LogP contribution in [-0.4, -0.2) is 41.6 Å². The lowest BCUT2D eigenvalue weighted by molar-refractivity contribution is -0.131. The quantitative estimate of drug-likeness (QED) is 0.868. The second-order valence-corrected chi connectivity index (χ2v) is 6.26. The SMILES string of the molecule is Cc1cccc(N2CCN(C(=O)CCn3cccc3)CC2)c1C. The molecule has 0 spiro atoms. The number of amides is 1. The first-order valence-corrected chi connectivity index (χ1v) is 8.35. The zero-order valence-electron chi connectivity index (χ0n) is 14.0. The van der Waals surface area contributed by atoms with Crippen molar-refractivity contribution in [2.24, 2.45) is 0 Å². The van der Waals surface area contributed by atoms with Gasteiger partial charge in [-0.2, -0.15) is 0 Å². The number of hydrogen-bond donors (Lipinski definition) is 0. The molecule has 0 saturated carbocycles.